The number of benzene rings is 1. The Balaban J connectivity index is 1.72. The average Bonchev–Trinajstić information content (AvgIpc) is 2.80. The first-order valence-electron chi connectivity index (χ1n) is 8.32. The summed E-state index contributed by atoms with van der Waals surface area (Å²) in [5.74, 6) is 0. The largest absolute Gasteiger partial charge is 0.345 e. The molecule has 0 bridgehead atoms. The lowest BCUT2D eigenvalue weighted by molar-refractivity contribution is 0.389. The van der Waals surface area contributed by atoms with Crippen molar-refractivity contribution in [3.63, 3.8) is 0 Å². The second-order valence-corrected chi connectivity index (χ2v) is 6.05. The quantitative estimate of drug-likeness (QED) is 0.884. The van der Waals surface area contributed by atoms with Gasteiger partial charge in [0.2, 0.25) is 0 Å². The fraction of sp³-hybridized carbons (Fsp3) is 0.556. The summed E-state index contributed by atoms with van der Waals surface area (Å²) in [6.45, 7) is 8.95. The second kappa shape index (κ2) is 6.63. The van der Waals surface area contributed by atoms with Crippen LogP contribution >= 0.6 is 0 Å². The van der Waals surface area contributed by atoms with Crippen LogP contribution in [-0.2, 0) is 13.0 Å². The van der Waals surface area contributed by atoms with E-state index in [-0.39, 0.29) is 0 Å². The van der Waals surface area contributed by atoms with Crippen molar-refractivity contribution in [2.45, 2.75) is 45.7 Å². The minimum absolute atomic E-state index is 0.700. The molecule has 0 aliphatic carbocycles. The Labute approximate surface area is 127 Å². The highest BCUT2D eigenvalue weighted by atomic mass is 15.0. The van der Waals surface area contributed by atoms with Crippen molar-refractivity contribution in [3.8, 4) is 0 Å². The van der Waals surface area contributed by atoms with Crippen LogP contribution < -0.4 is 10.6 Å². The molecule has 1 aromatic carbocycles. The van der Waals surface area contributed by atoms with E-state index in [1.165, 1.54) is 35.0 Å². The van der Waals surface area contributed by atoms with Gasteiger partial charge in [0, 0.05) is 29.2 Å². The number of nitrogens with one attached hydrogen (secondary N) is 2. The van der Waals surface area contributed by atoms with Crippen molar-refractivity contribution >= 4 is 10.9 Å². The van der Waals surface area contributed by atoms with Gasteiger partial charge in [0.1, 0.15) is 0 Å². The van der Waals surface area contributed by atoms with E-state index < -0.39 is 0 Å². The molecule has 1 aliphatic rings. The van der Waals surface area contributed by atoms with Crippen molar-refractivity contribution in [2.75, 3.05) is 19.6 Å². The molecule has 21 heavy (non-hydrogen) atoms. The van der Waals surface area contributed by atoms with Crippen LogP contribution in [0, 0.1) is 6.92 Å². The highest BCUT2D eigenvalue weighted by Gasteiger charge is 2.14. The molecule has 0 radical (unpaired) electrons. The van der Waals surface area contributed by atoms with Gasteiger partial charge in [-0.3, -0.25) is 0 Å². The number of aryl methyl sites for hydroxylation is 1. The maximum Gasteiger partial charge on any atom is 0.0485 e. The van der Waals surface area contributed by atoms with Gasteiger partial charge in [-0.05, 0) is 64.4 Å². The number of piperidine rings is 1. The minimum atomic E-state index is 0.700. The number of fused-ring (bicyclic) bond motifs is 1. The zero-order valence-electron chi connectivity index (χ0n) is 13.3. The fourth-order valence-electron chi connectivity index (χ4n) is 3.65. The van der Waals surface area contributed by atoms with Gasteiger partial charge in [0.15, 0.2) is 0 Å². The number of aromatic nitrogens is 1. The first kappa shape index (κ1) is 14.6. The monoisotopic (exact) mass is 285 g/mol. The number of para-hydroxylation sites is 1. The molecule has 0 saturated carbocycles. The third-order valence-electron chi connectivity index (χ3n) is 4.82. The van der Waals surface area contributed by atoms with Crippen molar-refractivity contribution in [1.82, 2.24) is 15.2 Å². The standard InChI is InChI=1S/C18H27N3/c1-3-21-14(2)16(17-6-4-5-7-18(17)21)10-13-20-15-8-11-19-12-9-15/h4-7,15,19-20H,3,8-13H2,1-2H3. The van der Waals surface area contributed by atoms with Crippen molar-refractivity contribution in [2.24, 2.45) is 0 Å². The molecule has 0 amide bonds. The maximum absolute atomic E-state index is 3.74. The lowest BCUT2D eigenvalue weighted by atomic mass is 10.1. The van der Waals surface area contributed by atoms with Crippen molar-refractivity contribution in [1.29, 1.82) is 0 Å². The van der Waals surface area contributed by atoms with Gasteiger partial charge >= 0.3 is 0 Å². The van der Waals surface area contributed by atoms with Crippen LogP contribution in [0.25, 0.3) is 10.9 Å². The van der Waals surface area contributed by atoms with Gasteiger partial charge in [-0.25, -0.2) is 0 Å². The van der Waals surface area contributed by atoms with E-state index in [0.717, 1.165) is 32.6 Å². The zero-order valence-corrected chi connectivity index (χ0v) is 13.3. The molecule has 1 aromatic heterocycles. The molecule has 1 aliphatic heterocycles. The first-order valence-corrected chi connectivity index (χ1v) is 8.32. The normalized spacial score (nSPS) is 16.7. The molecule has 3 heteroatoms. The van der Waals surface area contributed by atoms with Crippen LogP contribution in [0.2, 0.25) is 0 Å². The van der Waals surface area contributed by atoms with Crippen molar-refractivity contribution in [3.05, 3.63) is 35.5 Å². The van der Waals surface area contributed by atoms with Crippen LogP contribution in [0.4, 0.5) is 0 Å². The number of hydrogen-bond donors (Lipinski definition) is 2. The SMILES string of the molecule is CCn1c(C)c(CCNC2CCNCC2)c2ccccc21. The van der Waals surface area contributed by atoms with Gasteiger partial charge in [0.05, 0.1) is 0 Å². The maximum atomic E-state index is 3.74. The first-order chi connectivity index (χ1) is 10.3. The molecule has 3 rings (SSSR count). The summed E-state index contributed by atoms with van der Waals surface area (Å²) in [7, 11) is 0. The van der Waals surface area contributed by atoms with Gasteiger partial charge in [-0.15, -0.1) is 0 Å². The summed E-state index contributed by atoms with van der Waals surface area (Å²) in [4.78, 5) is 0. The number of hydrogen-bond acceptors (Lipinski definition) is 2. The van der Waals surface area contributed by atoms with E-state index in [2.05, 4.69) is 53.3 Å². The van der Waals surface area contributed by atoms with Gasteiger partial charge in [0.25, 0.3) is 0 Å². The predicted molar refractivity (Wildman–Crippen MR) is 89.9 cm³/mol. The Morgan fingerprint density at radius 2 is 2.00 bits per heavy atom. The van der Waals surface area contributed by atoms with E-state index in [9.17, 15) is 0 Å². The molecule has 3 nitrogen and oxygen atoms in total. The van der Waals surface area contributed by atoms with Gasteiger partial charge in [-0.2, -0.15) is 0 Å². The topological polar surface area (TPSA) is 29.0 Å². The Bertz CT molecular complexity index is 594. The highest BCUT2D eigenvalue weighted by Crippen LogP contribution is 2.26. The third-order valence-corrected chi connectivity index (χ3v) is 4.82. The predicted octanol–water partition coefficient (Wildman–Crippen LogP) is 2.85. The Morgan fingerprint density at radius 3 is 2.76 bits per heavy atom. The van der Waals surface area contributed by atoms with Crippen LogP contribution in [0.5, 0.6) is 0 Å². The lowest BCUT2D eigenvalue weighted by Crippen LogP contribution is -2.40. The van der Waals surface area contributed by atoms with Crippen LogP contribution in [-0.4, -0.2) is 30.2 Å². The summed E-state index contributed by atoms with van der Waals surface area (Å²) in [6.07, 6.45) is 3.65. The van der Waals surface area contributed by atoms with E-state index >= 15 is 0 Å². The summed E-state index contributed by atoms with van der Waals surface area (Å²) >= 11 is 0. The zero-order chi connectivity index (χ0) is 14.7. The molecule has 1 fully saturated rings. The molecular formula is C18H27N3. The fourth-order valence-corrected chi connectivity index (χ4v) is 3.65. The van der Waals surface area contributed by atoms with Gasteiger partial charge < -0.3 is 15.2 Å². The highest BCUT2D eigenvalue weighted by molar-refractivity contribution is 5.85. The summed E-state index contributed by atoms with van der Waals surface area (Å²) in [6, 6.07) is 9.52. The van der Waals surface area contributed by atoms with E-state index in [0.29, 0.717) is 6.04 Å². The summed E-state index contributed by atoms with van der Waals surface area (Å²) in [5, 5.41) is 8.60. The van der Waals surface area contributed by atoms with Crippen LogP contribution in [0.3, 0.4) is 0 Å². The molecule has 2 heterocycles. The minimum Gasteiger partial charge on any atom is -0.345 e. The molecule has 0 unspecified atom stereocenters. The Hall–Kier alpha value is -1.32. The van der Waals surface area contributed by atoms with Crippen LogP contribution in [0.1, 0.15) is 31.0 Å². The van der Waals surface area contributed by atoms with Gasteiger partial charge in [-0.1, -0.05) is 18.2 Å². The summed E-state index contributed by atoms with van der Waals surface area (Å²) < 4.78 is 2.44. The molecular weight excluding hydrogens is 258 g/mol. The Kier molecular flexibility index (Phi) is 4.61. The molecule has 1 saturated heterocycles. The molecule has 114 valence electrons. The second-order valence-electron chi connectivity index (χ2n) is 6.05. The smallest absolute Gasteiger partial charge is 0.0485 e. The molecule has 2 N–H and O–H groups in total. The van der Waals surface area contributed by atoms with E-state index in [4.69, 9.17) is 0 Å². The average molecular weight is 285 g/mol. The molecule has 0 atom stereocenters. The lowest BCUT2D eigenvalue weighted by Gasteiger charge is -2.23. The third kappa shape index (κ3) is 2.99. The van der Waals surface area contributed by atoms with Crippen molar-refractivity contribution < 1.29 is 0 Å². The number of rotatable bonds is 5. The van der Waals surface area contributed by atoms with E-state index in [1.807, 2.05) is 0 Å². The number of nitrogens with zero attached hydrogens (tertiary/aromatic N) is 1. The van der Waals surface area contributed by atoms with Crippen LogP contribution in [0.15, 0.2) is 24.3 Å². The molecule has 0 spiro atoms. The Morgan fingerprint density at radius 1 is 1.24 bits per heavy atom. The summed E-state index contributed by atoms with van der Waals surface area (Å²) in [5.41, 5.74) is 4.34. The van der Waals surface area contributed by atoms with E-state index in [1.54, 1.807) is 0 Å². The molecule has 2 aromatic rings.